The molecule has 0 amide bonds. The van der Waals surface area contributed by atoms with Crippen LogP contribution in [0.5, 0.6) is 0 Å². The van der Waals surface area contributed by atoms with Crippen molar-refractivity contribution in [1.82, 2.24) is 0 Å². The van der Waals surface area contributed by atoms with Gasteiger partial charge in [-0.2, -0.15) is 0 Å². The van der Waals surface area contributed by atoms with Crippen molar-refractivity contribution in [1.29, 1.82) is 0 Å². The molecule has 5 nitrogen and oxygen atoms in total. The Morgan fingerprint density at radius 3 is 1.67 bits per heavy atom. The molecule has 0 spiro atoms. The van der Waals surface area contributed by atoms with Crippen LogP contribution in [-0.4, -0.2) is 15.8 Å². The van der Waals surface area contributed by atoms with E-state index in [-0.39, 0.29) is 38.2 Å². The van der Waals surface area contributed by atoms with Gasteiger partial charge in [0.1, 0.15) is 0 Å². The maximum Gasteiger partial charge on any atom is 0.291 e. The molecule has 0 aromatic carbocycles. The third-order valence-corrected chi connectivity index (χ3v) is 0. The minimum atomic E-state index is -1.50. The van der Waals surface area contributed by atoms with E-state index >= 15 is 0 Å². The minimum Gasteiger partial charge on any atom is -0.412 e. The van der Waals surface area contributed by atoms with E-state index in [1.807, 2.05) is 0 Å². The fraction of sp³-hybridized carbons (Fsp3) is 0. The van der Waals surface area contributed by atoms with Crippen LogP contribution in [-0.2, 0) is 32.7 Å². The van der Waals surface area contributed by atoms with Gasteiger partial charge in [-0.05, 0) is 0 Å². The van der Waals surface area contributed by atoms with Crippen molar-refractivity contribution < 1.29 is 48.5 Å². The Labute approximate surface area is 58.6 Å². The smallest absolute Gasteiger partial charge is 0.291 e. The van der Waals surface area contributed by atoms with E-state index in [1.54, 1.807) is 0 Å². The van der Waals surface area contributed by atoms with E-state index in [1.165, 1.54) is 0 Å². The maximum absolute atomic E-state index is 8.36. The van der Waals surface area contributed by atoms with Crippen LogP contribution < -0.4 is 0 Å². The molecule has 3 N–H and O–H groups in total. The maximum atomic E-state index is 8.36. The largest absolute Gasteiger partial charge is 0.412 e. The first-order valence-electron chi connectivity index (χ1n) is 0.565. The van der Waals surface area contributed by atoms with Crippen molar-refractivity contribution in [2.24, 2.45) is 0 Å². The van der Waals surface area contributed by atoms with Gasteiger partial charge in [-0.15, -0.1) is 10.1 Å². The van der Waals surface area contributed by atoms with E-state index < -0.39 is 5.09 Å². The minimum absolute atomic E-state index is 0. The molecule has 0 unspecified atom stereocenters. The third kappa shape index (κ3) is 652. The van der Waals surface area contributed by atoms with Gasteiger partial charge in [-0.1, -0.05) is 0 Å². The van der Waals surface area contributed by atoms with Crippen LogP contribution in [0.25, 0.3) is 0 Å². The van der Waals surface area contributed by atoms with Crippen molar-refractivity contribution in [3.8, 4) is 0 Å². The molecule has 6 heteroatoms. The second-order valence-corrected chi connectivity index (χ2v) is 0.238. The van der Waals surface area contributed by atoms with E-state index in [9.17, 15) is 0 Å². The Morgan fingerprint density at radius 2 is 1.67 bits per heavy atom. The van der Waals surface area contributed by atoms with Gasteiger partial charge < -0.3 is 10.7 Å². The summed E-state index contributed by atoms with van der Waals surface area (Å²) in [6, 6.07) is 0. The SMILES string of the molecule is O.O=[N+]([O-])O.[Y]. The first-order valence-corrected chi connectivity index (χ1v) is 0.565. The molecule has 0 aromatic heterocycles. The van der Waals surface area contributed by atoms with Gasteiger partial charge in [0, 0.05) is 32.7 Å². The topological polar surface area (TPSA) is 94.9 Å². The van der Waals surface area contributed by atoms with E-state index in [0.717, 1.165) is 0 Å². The summed E-state index contributed by atoms with van der Waals surface area (Å²) >= 11 is 0. The van der Waals surface area contributed by atoms with Crippen LogP contribution in [0.1, 0.15) is 0 Å². The second-order valence-electron chi connectivity index (χ2n) is 0.238. The average molecular weight is 170 g/mol. The Bertz CT molecular complexity index is 30.5. The van der Waals surface area contributed by atoms with E-state index in [0.29, 0.717) is 0 Å². The summed E-state index contributed by atoms with van der Waals surface area (Å²) in [4.78, 5) is 8.36. The summed E-state index contributed by atoms with van der Waals surface area (Å²) < 4.78 is 0. The van der Waals surface area contributed by atoms with Gasteiger partial charge in [0.2, 0.25) is 0 Å². The molecule has 0 atom stereocenters. The number of hydrogen-bond donors (Lipinski definition) is 1. The number of rotatable bonds is 0. The molecule has 0 aliphatic carbocycles. The summed E-state index contributed by atoms with van der Waals surface area (Å²) in [7, 11) is 0. The molecular weight excluding hydrogens is 167 g/mol. The first kappa shape index (κ1) is 16.3. The molecule has 0 aliphatic heterocycles. The summed E-state index contributed by atoms with van der Waals surface area (Å²) in [5.41, 5.74) is 0. The molecule has 0 aromatic rings. The van der Waals surface area contributed by atoms with Gasteiger partial charge >= 0.3 is 0 Å². The third-order valence-electron chi connectivity index (χ3n) is 0. The predicted molar refractivity (Wildman–Crippen MR) is 12.4 cm³/mol. The van der Waals surface area contributed by atoms with E-state index in [4.69, 9.17) is 15.3 Å². The van der Waals surface area contributed by atoms with Crippen LogP contribution in [0.2, 0.25) is 0 Å². The fourth-order valence-corrected chi connectivity index (χ4v) is 0. The molecule has 0 saturated heterocycles. The summed E-state index contributed by atoms with van der Waals surface area (Å²) in [5.74, 6) is 0. The van der Waals surface area contributed by atoms with Gasteiger partial charge in [0.25, 0.3) is 5.09 Å². The molecule has 35 valence electrons. The van der Waals surface area contributed by atoms with Crippen LogP contribution in [0, 0.1) is 10.1 Å². The van der Waals surface area contributed by atoms with Gasteiger partial charge in [-0.25, -0.2) is 0 Å². The Morgan fingerprint density at radius 1 is 1.67 bits per heavy atom. The molecule has 0 fully saturated rings. The normalized spacial score (nSPS) is 4.00. The van der Waals surface area contributed by atoms with Crippen molar-refractivity contribution in [3.63, 3.8) is 0 Å². The van der Waals surface area contributed by atoms with Gasteiger partial charge in [-0.3, -0.25) is 0 Å². The molecule has 0 rings (SSSR count). The molecule has 0 heterocycles. The summed E-state index contributed by atoms with van der Waals surface area (Å²) in [5, 5.41) is 13.6. The number of hydrogen-bond acceptors (Lipinski definition) is 2. The molecule has 0 bridgehead atoms. The average Bonchev–Trinajstić information content (AvgIpc) is 0.811. The van der Waals surface area contributed by atoms with Gasteiger partial charge in [0.05, 0.1) is 0 Å². The quantitative estimate of drug-likeness (QED) is 0.366. The van der Waals surface area contributed by atoms with Crippen molar-refractivity contribution in [2.75, 3.05) is 0 Å². The molecule has 0 saturated carbocycles. The molecule has 0 aliphatic rings. The monoisotopic (exact) mass is 170 g/mol. The summed E-state index contributed by atoms with van der Waals surface area (Å²) in [6.45, 7) is 0. The van der Waals surface area contributed by atoms with Crippen LogP contribution in [0.3, 0.4) is 0 Å². The first-order chi connectivity index (χ1) is 1.73. The predicted octanol–water partition coefficient (Wildman–Crippen LogP) is -1.17. The summed E-state index contributed by atoms with van der Waals surface area (Å²) in [6.07, 6.45) is 0. The zero-order valence-corrected chi connectivity index (χ0v) is 5.63. The molecular formula is H3NO4Y. The van der Waals surface area contributed by atoms with Crippen molar-refractivity contribution >= 4 is 0 Å². The number of nitrogens with zero attached hydrogens (tertiary/aromatic N) is 1. The van der Waals surface area contributed by atoms with Crippen molar-refractivity contribution in [2.45, 2.75) is 0 Å². The van der Waals surface area contributed by atoms with E-state index in [2.05, 4.69) is 0 Å². The van der Waals surface area contributed by atoms with Crippen molar-refractivity contribution in [3.05, 3.63) is 10.1 Å². The Kier molecular flexibility index (Phi) is 24.4. The molecule has 6 heavy (non-hydrogen) atoms. The Hall–Kier alpha value is 0.264. The Balaban J connectivity index is -0.0000000450. The molecule has 1 radical (unpaired) electrons. The van der Waals surface area contributed by atoms with Crippen LogP contribution in [0.15, 0.2) is 0 Å². The zero-order valence-electron chi connectivity index (χ0n) is 2.79. The van der Waals surface area contributed by atoms with Gasteiger partial charge in [0.15, 0.2) is 0 Å². The second kappa shape index (κ2) is 8.98. The van der Waals surface area contributed by atoms with Crippen LogP contribution in [0.4, 0.5) is 0 Å². The van der Waals surface area contributed by atoms with Crippen LogP contribution >= 0.6 is 0 Å². The zero-order chi connectivity index (χ0) is 3.58. The standard InChI is InChI=1S/HNO3.H2O.Y/c2-1(3)4;;/h(H,2,3,4);1H2;. The fourth-order valence-electron chi connectivity index (χ4n) is 0.